The minimum atomic E-state index is -3.61. The summed E-state index contributed by atoms with van der Waals surface area (Å²) in [5.41, 5.74) is 7.57. The van der Waals surface area contributed by atoms with Gasteiger partial charge in [-0.3, -0.25) is 4.79 Å². The molecule has 2 N–H and O–H groups in total. The first kappa shape index (κ1) is 18.6. The van der Waals surface area contributed by atoms with E-state index in [1.54, 1.807) is 19.1 Å². The Morgan fingerprint density at radius 2 is 1.77 bits per heavy atom. The fraction of sp³-hybridized carbons (Fsp3) is 0.350. The Morgan fingerprint density at radius 3 is 2.38 bits per heavy atom. The standard InChI is InChI=1S/C20H24N2O3S/c1-15-7-8-18(14-19(15)20(21)23)26(24,25)22-11-9-17(10-12-22)13-16-5-3-2-4-6-16/h2-8,14,17H,9-13H2,1H3,(H2,21,23). The van der Waals surface area contributed by atoms with Crippen molar-refractivity contribution in [3.63, 3.8) is 0 Å². The number of benzene rings is 2. The Bertz CT molecular complexity index is 887. The van der Waals surface area contributed by atoms with Gasteiger partial charge in [-0.25, -0.2) is 8.42 Å². The molecule has 0 unspecified atom stereocenters. The molecule has 26 heavy (non-hydrogen) atoms. The fourth-order valence-corrected chi connectivity index (χ4v) is 4.97. The van der Waals surface area contributed by atoms with Gasteiger partial charge in [0, 0.05) is 18.7 Å². The van der Waals surface area contributed by atoms with Crippen LogP contribution in [-0.4, -0.2) is 31.7 Å². The van der Waals surface area contributed by atoms with Crippen LogP contribution in [0.3, 0.4) is 0 Å². The van der Waals surface area contributed by atoms with Crippen molar-refractivity contribution in [2.45, 2.75) is 31.1 Å². The largest absolute Gasteiger partial charge is 0.366 e. The van der Waals surface area contributed by atoms with Gasteiger partial charge in [0.1, 0.15) is 0 Å². The molecule has 3 rings (SSSR count). The molecule has 1 saturated heterocycles. The molecule has 0 bridgehead atoms. The summed E-state index contributed by atoms with van der Waals surface area (Å²) in [5.74, 6) is -0.121. The van der Waals surface area contributed by atoms with Gasteiger partial charge < -0.3 is 5.73 Å². The highest BCUT2D eigenvalue weighted by atomic mass is 32.2. The minimum Gasteiger partial charge on any atom is -0.366 e. The summed E-state index contributed by atoms with van der Waals surface area (Å²) in [4.78, 5) is 11.6. The van der Waals surface area contributed by atoms with Crippen LogP contribution >= 0.6 is 0 Å². The van der Waals surface area contributed by atoms with Gasteiger partial charge in [-0.1, -0.05) is 36.4 Å². The molecule has 138 valence electrons. The normalized spacial score (nSPS) is 16.5. The molecular weight excluding hydrogens is 348 g/mol. The summed E-state index contributed by atoms with van der Waals surface area (Å²) in [6.45, 7) is 2.74. The number of rotatable bonds is 5. The number of amides is 1. The number of primary amides is 1. The van der Waals surface area contributed by atoms with E-state index in [2.05, 4.69) is 12.1 Å². The Morgan fingerprint density at radius 1 is 1.12 bits per heavy atom. The van der Waals surface area contributed by atoms with Crippen molar-refractivity contribution in [3.05, 3.63) is 65.2 Å². The summed E-state index contributed by atoms with van der Waals surface area (Å²) in [7, 11) is -3.61. The Kier molecular flexibility index (Phi) is 5.44. The summed E-state index contributed by atoms with van der Waals surface area (Å²) in [5, 5.41) is 0. The number of piperidine rings is 1. The zero-order chi connectivity index (χ0) is 18.7. The number of sulfonamides is 1. The molecule has 2 aromatic carbocycles. The van der Waals surface area contributed by atoms with Crippen molar-refractivity contribution in [2.24, 2.45) is 11.7 Å². The van der Waals surface area contributed by atoms with Crippen LogP contribution in [0.15, 0.2) is 53.4 Å². The molecule has 1 aliphatic heterocycles. The van der Waals surface area contributed by atoms with Gasteiger partial charge in [-0.15, -0.1) is 0 Å². The fourth-order valence-electron chi connectivity index (χ4n) is 3.48. The molecule has 6 heteroatoms. The summed E-state index contributed by atoms with van der Waals surface area (Å²) in [6.07, 6.45) is 2.65. The highest BCUT2D eigenvalue weighted by Crippen LogP contribution is 2.27. The van der Waals surface area contributed by atoms with Gasteiger partial charge in [0.25, 0.3) is 0 Å². The lowest BCUT2D eigenvalue weighted by atomic mass is 9.91. The maximum Gasteiger partial charge on any atom is 0.249 e. The Balaban J connectivity index is 1.70. The number of carbonyl (C=O) groups is 1. The van der Waals surface area contributed by atoms with Crippen molar-refractivity contribution in [3.8, 4) is 0 Å². The molecule has 0 spiro atoms. The van der Waals surface area contributed by atoms with Crippen LogP contribution < -0.4 is 5.73 Å². The number of nitrogens with zero attached hydrogens (tertiary/aromatic N) is 1. The number of carbonyl (C=O) groups excluding carboxylic acids is 1. The third-order valence-corrected chi connectivity index (χ3v) is 6.95. The molecule has 0 saturated carbocycles. The monoisotopic (exact) mass is 372 g/mol. The third-order valence-electron chi connectivity index (χ3n) is 5.05. The molecule has 1 amide bonds. The van der Waals surface area contributed by atoms with Gasteiger partial charge in [0.05, 0.1) is 4.90 Å². The molecule has 2 aromatic rings. The predicted octanol–water partition coefficient (Wildman–Crippen LogP) is 2.74. The quantitative estimate of drug-likeness (QED) is 0.876. The SMILES string of the molecule is Cc1ccc(S(=O)(=O)N2CCC(Cc3ccccc3)CC2)cc1C(N)=O. The van der Waals surface area contributed by atoms with Crippen LogP contribution in [0.4, 0.5) is 0 Å². The van der Waals surface area contributed by atoms with Crippen molar-refractivity contribution >= 4 is 15.9 Å². The van der Waals surface area contributed by atoms with Crippen LogP contribution in [0.2, 0.25) is 0 Å². The van der Waals surface area contributed by atoms with Crippen LogP contribution in [0.1, 0.15) is 34.3 Å². The second-order valence-corrected chi connectivity index (χ2v) is 8.82. The van der Waals surface area contributed by atoms with E-state index in [4.69, 9.17) is 5.73 Å². The molecule has 1 heterocycles. The van der Waals surface area contributed by atoms with Crippen LogP contribution in [-0.2, 0) is 16.4 Å². The lowest BCUT2D eigenvalue weighted by Crippen LogP contribution is -2.39. The smallest absolute Gasteiger partial charge is 0.249 e. The molecule has 0 aliphatic carbocycles. The molecule has 0 radical (unpaired) electrons. The van der Waals surface area contributed by atoms with E-state index in [9.17, 15) is 13.2 Å². The second-order valence-electron chi connectivity index (χ2n) is 6.88. The van der Waals surface area contributed by atoms with E-state index in [0.717, 1.165) is 19.3 Å². The first-order valence-corrected chi connectivity index (χ1v) is 10.3. The molecule has 0 atom stereocenters. The van der Waals surface area contributed by atoms with E-state index in [1.807, 2.05) is 18.2 Å². The highest BCUT2D eigenvalue weighted by Gasteiger charge is 2.30. The van der Waals surface area contributed by atoms with E-state index in [1.165, 1.54) is 15.9 Å². The zero-order valence-corrected chi connectivity index (χ0v) is 15.7. The van der Waals surface area contributed by atoms with E-state index in [-0.39, 0.29) is 10.5 Å². The lowest BCUT2D eigenvalue weighted by molar-refractivity contribution is 0.0999. The zero-order valence-electron chi connectivity index (χ0n) is 14.9. The maximum absolute atomic E-state index is 12.9. The lowest BCUT2D eigenvalue weighted by Gasteiger charge is -2.31. The number of nitrogens with two attached hydrogens (primary N) is 1. The first-order chi connectivity index (χ1) is 12.4. The van der Waals surface area contributed by atoms with Crippen LogP contribution in [0, 0.1) is 12.8 Å². The van der Waals surface area contributed by atoms with Crippen LogP contribution in [0.5, 0.6) is 0 Å². The number of hydrogen-bond donors (Lipinski definition) is 1. The summed E-state index contributed by atoms with van der Waals surface area (Å²) >= 11 is 0. The summed E-state index contributed by atoms with van der Waals surface area (Å²) < 4.78 is 27.3. The van der Waals surface area contributed by atoms with Crippen molar-refractivity contribution in [1.82, 2.24) is 4.31 Å². The topological polar surface area (TPSA) is 80.5 Å². The van der Waals surface area contributed by atoms with Crippen LogP contribution in [0.25, 0.3) is 0 Å². The van der Waals surface area contributed by atoms with Gasteiger partial charge in [0.2, 0.25) is 15.9 Å². The first-order valence-electron chi connectivity index (χ1n) is 8.82. The van der Waals surface area contributed by atoms with Crippen molar-refractivity contribution in [1.29, 1.82) is 0 Å². The molecule has 5 nitrogen and oxygen atoms in total. The van der Waals surface area contributed by atoms with Crippen molar-refractivity contribution in [2.75, 3.05) is 13.1 Å². The predicted molar refractivity (Wildman–Crippen MR) is 101 cm³/mol. The van der Waals surface area contributed by atoms with E-state index >= 15 is 0 Å². The Hall–Kier alpha value is -2.18. The second kappa shape index (κ2) is 7.60. The maximum atomic E-state index is 12.9. The molecule has 0 aromatic heterocycles. The van der Waals surface area contributed by atoms with E-state index in [0.29, 0.717) is 24.6 Å². The van der Waals surface area contributed by atoms with Crippen molar-refractivity contribution < 1.29 is 13.2 Å². The highest BCUT2D eigenvalue weighted by molar-refractivity contribution is 7.89. The van der Waals surface area contributed by atoms with Gasteiger partial charge in [-0.05, 0) is 55.4 Å². The Labute approximate surface area is 154 Å². The molecule has 1 aliphatic rings. The third kappa shape index (κ3) is 3.97. The average molecular weight is 372 g/mol. The minimum absolute atomic E-state index is 0.137. The van der Waals surface area contributed by atoms with Gasteiger partial charge in [0.15, 0.2) is 0 Å². The number of hydrogen-bond acceptors (Lipinski definition) is 3. The molecular formula is C20H24N2O3S. The van der Waals surface area contributed by atoms with E-state index < -0.39 is 15.9 Å². The van der Waals surface area contributed by atoms with Gasteiger partial charge >= 0.3 is 0 Å². The average Bonchev–Trinajstić information content (AvgIpc) is 2.63. The number of aryl methyl sites for hydroxylation is 1. The van der Waals surface area contributed by atoms with Gasteiger partial charge in [-0.2, -0.15) is 4.31 Å². The molecule has 1 fully saturated rings. The summed E-state index contributed by atoms with van der Waals surface area (Å²) in [6, 6.07) is 14.9.